The van der Waals surface area contributed by atoms with Gasteiger partial charge in [0.2, 0.25) is 0 Å². The minimum Gasteiger partial charge on any atom is -0.370 e. The Morgan fingerprint density at radius 2 is 1.95 bits per heavy atom. The second-order valence-electron chi connectivity index (χ2n) is 5.26. The number of nitrogens with two attached hydrogens (primary N) is 1. The van der Waals surface area contributed by atoms with Gasteiger partial charge in [-0.25, -0.2) is 0 Å². The summed E-state index contributed by atoms with van der Waals surface area (Å²) in [5.41, 5.74) is 6.86. The van der Waals surface area contributed by atoms with Gasteiger partial charge in [-0.05, 0) is 38.7 Å². The number of rotatable bonds is 4. The monoisotopic (exact) mass is 403 g/mol. The van der Waals surface area contributed by atoms with Crippen molar-refractivity contribution in [3.8, 4) is 0 Å². The molecule has 2 rings (SSSR count). The summed E-state index contributed by atoms with van der Waals surface area (Å²) in [5, 5.41) is 3.10. The van der Waals surface area contributed by atoms with E-state index in [1.54, 1.807) is 0 Å². The number of halogens is 1. The predicted octanol–water partition coefficient (Wildman–Crippen LogP) is 1.67. The second kappa shape index (κ2) is 9.97. The van der Waals surface area contributed by atoms with Crippen LogP contribution in [0.3, 0.4) is 0 Å². The van der Waals surface area contributed by atoms with Crippen molar-refractivity contribution in [2.75, 3.05) is 51.6 Å². The minimum absolute atomic E-state index is 0. The Bertz CT molecular complexity index is 423. The first kappa shape index (κ1) is 18.2. The van der Waals surface area contributed by atoms with E-state index in [1.165, 1.54) is 13.0 Å². The van der Waals surface area contributed by atoms with Crippen molar-refractivity contribution in [2.45, 2.75) is 6.42 Å². The van der Waals surface area contributed by atoms with Crippen LogP contribution in [0.5, 0.6) is 0 Å². The lowest BCUT2D eigenvalue weighted by Gasteiger charge is -2.18. The molecule has 1 aliphatic heterocycles. The van der Waals surface area contributed by atoms with Gasteiger partial charge in [0, 0.05) is 25.3 Å². The molecule has 1 heterocycles. The molecule has 1 aromatic rings. The van der Waals surface area contributed by atoms with Crippen LogP contribution in [0.1, 0.15) is 6.42 Å². The molecule has 1 fully saturated rings. The molecule has 21 heavy (non-hydrogen) atoms. The van der Waals surface area contributed by atoms with Gasteiger partial charge in [0.25, 0.3) is 0 Å². The van der Waals surface area contributed by atoms with Gasteiger partial charge in [-0.2, -0.15) is 0 Å². The third kappa shape index (κ3) is 7.10. The summed E-state index contributed by atoms with van der Waals surface area (Å²) >= 11 is 0. The molecule has 118 valence electrons. The zero-order valence-corrected chi connectivity index (χ0v) is 15.0. The molecule has 0 aliphatic carbocycles. The molecule has 5 nitrogen and oxygen atoms in total. The Kier molecular flexibility index (Phi) is 8.63. The first-order valence-electron chi connectivity index (χ1n) is 7.27. The maximum Gasteiger partial charge on any atom is 0.193 e. The number of benzene rings is 1. The molecule has 0 saturated carbocycles. The topological polar surface area (TPSA) is 56.9 Å². The third-order valence-corrected chi connectivity index (χ3v) is 3.56. The van der Waals surface area contributed by atoms with Crippen molar-refractivity contribution in [1.82, 2.24) is 9.80 Å². The highest BCUT2D eigenvalue weighted by Gasteiger charge is 2.10. The summed E-state index contributed by atoms with van der Waals surface area (Å²) in [6, 6.07) is 9.89. The van der Waals surface area contributed by atoms with Crippen molar-refractivity contribution >= 4 is 35.6 Å². The smallest absolute Gasteiger partial charge is 0.193 e. The maximum atomic E-state index is 5.89. The van der Waals surface area contributed by atoms with Gasteiger partial charge in [0.1, 0.15) is 0 Å². The van der Waals surface area contributed by atoms with Gasteiger partial charge >= 0.3 is 0 Å². The molecule has 1 saturated heterocycles. The first-order chi connectivity index (χ1) is 9.74. The molecule has 6 heteroatoms. The first-order valence-corrected chi connectivity index (χ1v) is 7.27. The highest BCUT2D eigenvalue weighted by atomic mass is 127. The van der Waals surface area contributed by atoms with Crippen molar-refractivity contribution in [2.24, 2.45) is 10.7 Å². The van der Waals surface area contributed by atoms with Crippen LogP contribution >= 0.6 is 24.0 Å². The number of hydrogen-bond acceptors (Lipinski definition) is 3. The van der Waals surface area contributed by atoms with Crippen molar-refractivity contribution in [3.05, 3.63) is 30.3 Å². The van der Waals surface area contributed by atoms with Crippen LogP contribution in [0, 0.1) is 0 Å². The Balaban J connectivity index is 0.00000220. The van der Waals surface area contributed by atoms with Gasteiger partial charge < -0.3 is 20.9 Å². The largest absolute Gasteiger partial charge is 0.370 e. The number of anilines is 1. The van der Waals surface area contributed by atoms with Crippen molar-refractivity contribution < 1.29 is 0 Å². The number of hydrogen-bond donors (Lipinski definition) is 2. The normalized spacial score (nSPS) is 17.9. The van der Waals surface area contributed by atoms with Crippen LogP contribution < -0.4 is 11.1 Å². The number of likely N-dealkylation sites (N-methyl/N-ethyl adjacent to an activating group) is 1. The minimum atomic E-state index is 0. The van der Waals surface area contributed by atoms with Crippen LogP contribution in [-0.4, -0.2) is 62.1 Å². The fourth-order valence-corrected chi connectivity index (χ4v) is 2.34. The summed E-state index contributed by atoms with van der Waals surface area (Å²) in [4.78, 5) is 9.24. The predicted molar refractivity (Wildman–Crippen MR) is 101 cm³/mol. The molecule has 1 aromatic carbocycles. The average molecular weight is 403 g/mol. The van der Waals surface area contributed by atoms with Crippen molar-refractivity contribution in [3.63, 3.8) is 0 Å². The highest BCUT2D eigenvalue weighted by Crippen LogP contribution is 2.04. The van der Waals surface area contributed by atoms with E-state index in [-0.39, 0.29) is 24.0 Å². The maximum absolute atomic E-state index is 5.89. The SMILES string of the molecule is CN1CCCN(CCN=C(N)Nc2ccccc2)CC1.I. The van der Waals surface area contributed by atoms with Crippen LogP contribution in [0.25, 0.3) is 0 Å². The Labute approximate surface area is 144 Å². The number of para-hydroxylation sites is 1. The second-order valence-corrected chi connectivity index (χ2v) is 5.26. The van der Waals surface area contributed by atoms with Gasteiger partial charge in [-0.1, -0.05) is 18.2 Å². The molecular formula is C15H26IN5. The van der Waals surface area contributed by atoms with Gasteiger partial charge in [-0.3, -0.25) is 4.99 Å². The number of nitrogens with one attached hydrogen (secondary N) is 1. The summed E-state index contributed by atoms with van der Waals surface area (Å²) in [6.45, 7) is 6.34. The third-order valence-electron chi connectivity index (χ3n) is 3.56. The quantitative estimate of drug-likeness (QED) is 0.456. The fraction of sp³-hybridized carbons (Fsp3) is 0.533. The Morgan fingerprint density at radius 3 is 2.71 bits per heavy atom. The van der Waals surface area contributed by atoms with E-state index in [0.717, 1.165) is 38.4 Å². The van der Waals surface area contributed by atoms with E-state index in [2.05, 4.69) is 27.2 Å². The van der Waals surface area contributed by atoms with E-state index >= 15 is 0 Å². The Hall–Kier alpha value is -0.860. The summed E-state index contributed by atoms with van der Waals surface area (Å²) < 4.78 is 0. The Morgan fingerprint density at radius 1 is 1.19 bits per heavy atom. The molecule has 3 N–H and O–H groups in total. The van der Waals surface area contributed by atoms with Crippen LogP contribution in [0.15, 0.2) is 35.3 Å². The molecule has 0 amide bonds. The standard InChI is InChI=1S/C15H25N5.HI/c1-19-9-5-10-20(13-12-19)11-8-17-15(16)18-14-6-3-2-4-7-14;/h2-4,6-7H,5,8-13H2,1H3,(H3,16,17,18);1H. The van der Waals surface area contributed by atoms with Crippen LogP contribution in [-0.2, 0) is 0 Å². The fourth-order valence-electron chi connectivity index (χ4n) is 2.34. The molecule has 0 atom stereocenters. The lowest BCUT2D eigenvalue weighted by atomic mass is 10.3. The highest BCUT2D eigenvalue weighted by molar-refractivity contribution is 14.0. The zero-order chi connectivity index (χ0) is 14.2. The number of nitrogens with zero attached hydrogens (tertiary/aromatic N) is 3. The van der Waals surface area contributed by atoms with Gasteiger partial charge in [-0.15, -0.1) is 24.0 Å². The molecule has 0 radical (unpaired) electrons. The van der Waals surface area contributed by atoms with E-state index in [4.69, 9.17) is 5.73 Å². The molecular weight excluding hydrogens is 377 g/mol. The molecule has 0 aromatic heterocycles. The molecule has 1 aliphatic rings. The summed E-state index contributed by atoms with van der Waals surface area (Å²) in [7, 11) is 2.18. The number of aliphatic imine (C=N–C) groups is 1. The van der Waals surface area contributed by atoms with E-state index in [9.17, 15) is 0 Å². The van der Waals surface area contributed by atoms with E-state index < -0.39 is 0 Å². The van der Waals surface area contributed by atoms with E-state index in [1.807, 2.05) is 30.3 Å². The molecule has 0 unspecified atom stereocenters. The summed E-state index contributed by atoms with van der Waals surface area (Å²) in [5.74, 6) is 0.489. The van der Waals surface area contributed by atoms with Crippen molar-refractivity contribution in [1.29, 1.82) is 0 Å². The molecule has 0 bridgehead atoms. The van der Waals surface area contributed by atoms with Crippen LogP contribution in [0.2, 0.25) is 0 Å². The lowest BCUT2D eigenvalue weighted by Crippen LogP contribution is -2.32. The van der Waals surface area contributed by atoms with E-state index in [0.29, 0.717) is 5.96 Å². The average Bonchev–Trinajstić information content (AvgIpc) is 2.65. The van der Waals surface area contributed by atoms with Crippen LogP contribution in [0.4, 0.5) is 5.69 Å². The summed E-state index contributed by atoms with van der Waals surface area (Å²) in [6.07, 6.45) is 1.23. The number of guanidine groups is 1. The molecule has 0 spiro atoms. The lowest BCUT2D eigenvalue weighted by molar-refractivity contribution is 0.283. The zero-order valence-electron chi connectivity index (χ0n) is 12.7. The van der Waals surface area contributed by atoms with Gasteiger partial charge in [0.05, 0.1) is 6.54 Å². The van der Waals surface area contributed by atoms with Gasteiger partial charge in [0.15, 0.2) is 5.96 Å².